The Labute approximate surface area is 119 Å². The summed E-state index contributed by atoms with van der Waals surface area (Å²) in [7, 11) is 0. The minimum Gasteiger partial charge on any atom is -0.481 e. The van der Waals surface area contributed by atoms with E-state index in [2.05, 4.69) is 5.32 Å². The number of rotatable bonds is 4. The van der Waals surface area contributed by atoms with Gasteiger partial charge in [-0.05, 0) is 18.6 Å². The monoisotopic (exact) mass is 294 g/mol. The Morgan fingerprint density at radius 1 is 1.38 bits per heavy atom. The van der Waals surface area contributed by atoms with Gasteiger partial charge in [-0.3, -0.25) is 19.7 Å². The molecular formula is C13H14N2O6. The van der Waals surface area contributed by atoms with Gasteiger partial charge in [0.05, 0.1) is 24.2 Å². The predicted octanol–water partition coefficient (Wildman–Crippen LogP) is 0.733. The molecule has 8 heteroatoms. The second-order valence-electron chi connectivity index (χ2n) is 4.88. The Bertz CT molecular complexity index is 600. The smallest absolute Gasteiger partial charge is 0.311 e. The van der Waals surface area contributed by atoms with Gasteiger partial charge in [0, 0.05) is 17.7 Å². The number of amides is 1. The van der Waals surface area contributed by atoms with Gasteiger partial charge in [-0.15, -0.1) is 0 Å². The summed E-state index contributed by atoms with van der Waals surface area (Å²) in [5.74, 6) is -2.41. The maximum Gasteiger partial charge on any atom is 0.311 e. The second-order valence-corrected chi connectivity index (χ2v) is 4.88. The van der Waals surface area contributed by atoms with Crippen LogP contribution in [0.15, 0.2) is 18.2 Å². The number of aliphatic carboxylic acids is 1. The van der Waals surface area contributed by atoms with Gasteiger partial charge < -0.3 is 15.2 Å². The molecule has 1 aromatic rings. The molecule has 2 atom stereocenters. The van der Waals surface area contributed by atoms with Crippen molar-refractivity contribution in [2.45, 2.75) is 13.0 Å². The van der Waals surface area contributed by atoms with Crippen LogP contribution in [0, 0.1) is 23.0 Å². The maximum atomic E-state index is 12.1. The third-order valence-electron chi connectivity index (χ3n) is 3.25. The highest BCUT2D eigenvalue weighted by Crippen LogP contribution is 2.18. The highest BCUT2D eigenvalue weighted by atomic mass is 16.6. The number of hydrogen-bond acceptors (Lipinski definition) is 5. The van der Waals surface area contributed by atoms with E-state index in [9.17, 15) is 19.7 Å². The number of carboxylic acid groups (broad SMARTS) is 1. The van der Waals surface area contributed by atoms with Gasteiger partial charge in [-0.25, -0.2) is 0 Å². The van der Waals surface area contributed by atoms with Crippen molar-refractivity contribution in [2.75, 3.05) is 13.2 Å². The van der Waals surface area contributed by atoms with E-state index in [4.69, 9.17) is 9.84 Å². The number of nitro groups is 1. The van der Waals surface area contributed by atoms with Crippen LogP contribution in [-0.2, 0) is 9.53 Å². The third kappa shape index (κ3) is 3.34. The van der Waals surface area contributed by atoms with Crippen molar-refractivity contribution in [2.24, 2.45) is 5.92 Å². The molecular weight excluding hydrogens is 280 g/mol. The number of aryl methyl sites for hydroxylation is 1. The number of carboxylic acids is 1. The average molecular weight is 294 g/mol. The maximum absolute atomic E-state index is 12.1. The molecule has 2 N–H and O–H groups in total. The summed E-state index contributed by atoms with van der Waals surface area (Å²) in [5, 5.41) is 22.4. The zero-order chi connectivity index (χ0) is 15.6. The van der Waals surface area contributed by atoms with Crippen LogP contribution in [-0.4, -0.2) is 41.2 Å². The minimum absolute atomic E-state index is 0.0360. The zero-order valence-corrected chi connectivity index (χ0v) is 11.2. The quantitative estimate of drug-likeness (QED) is 0.624. The predicted molar refractivity (Wildman–Crippen MR) is 71.0 cm³/mol. The van der Waals surface area contributed by atoms with Crippen molar-refractivity contribution in [3.05, 3.63) is 39.4 Å². The fraction of sp³-hybridized carbons (Fsp3) is 0.385. The van der Waals surface area contributed by atoms with Crippen LogP contribution in [0.25, 0.3) is 0 Å². The SMILES string of the molecule is Cc1cc(C(=O)NC2COCC2C(=O)O)cc([N+](=O)[O-])c1. The normalized spacial score (nSPS) is 21.0. The number of nitrogens with zero attached hydrogens (tertiary/aromatic N) is 1. The van der Waals surface area contributed by atoms with Crippen LogP contribution < -0.4 is 5.32 Å². The van der Waals surface area contributed by atoms with E-state index < -0.39 is 28.8 Å². The van der Waals surface area contributed by atoms with Gasteiger partial charge in [0.25, 0.3) is 11.6 Å². The van der Waals surface area contributed by atoms with Crippen LogP contribution in [0.5, 0.6) is 0 Å². The summed E-state index contributed by atoms with van der Waals surface area (Å²) >= 11 is 0. The van der Waals surface area contributed by atoms with E-state index in [1.165, 1.54) is 12.1 Å². The number of non-ortho nitro benzene ring substituents is 1. The lowest BCUT2D eigenvalue weighted by Gasteiger charge is -2.15. The first-order valence-electron chi connectivity index (χ1n) is 6.26. The van der Waals surface area contributed by atoms with Crippen molar-refractivity contribution in [3.63, 3.8) is 0 Å². The highest BCUT2D eigenvalue weighted by molar-refractivity contribution is 5.95. The Hall–Kier alpha value is -2.48. The van der Waals surface area contributed by atoms with Crippen molar-refractivity contribution in [3.8, 4) is 0 Å². The number of ether oxygens (including phenoxy) is 1. The van der Waals surface area contributed by atoms with Crippen LogP contribution in [0.3, 0.4) is 0 Å². The average Bonchev–Trinajstić information content (AvgIpc) is 2.86. The van der Waals surface area contributed by atoms with Gasteiger partial charge in [0.1, 0.15) is 5.92 Å². The molecule has 1 heterocycles. The van der Waals surface area contributed by atoms with Crippen molar-refractivity contribution >= 4 is 17.6 Å². The second kappa shape index (κ2) is 5.88. The highest BCUT2D eigenvalue weighted by Gasteiger charge is 2.35. The topological polar surface area (TPSA) is 119 Å². The van der Waals surface area contributed by atoms with E-state index >= 15 is 0 Å². The number of hydrogen-bond donors (Lipinski definition) is 2. The minimum atomic E-state index is -1.05. The lowest BCUT2D eigenvalue weighted by Crippen LogP contribution is -2.42. The van der Waals surface area contributed by atoms with E-state index in [0.29, 0.717) is 5.56 Å². The molecule has 1 aliphatic rings. The van der Waals surface area contributed by atoms with Crippen LogP contribution >= 0.6 is 0 Å². The van der Waals surface area contributed by atoms with E-state index in [1.54, 1.807) is 6.92 Å². The van der Waals surface area contributed by atoms with Gasteiger partial charge in [0.2, 0.25) is 0 Å². The van der Waals surface area contributed by atoms with Crippen LogP contribution in [0.2, 0.25) is 0 Å². The zero-order valence-electron chi connectivity index (χ0n) is 11.2. The summed E-state index contributed by atoms with van der Waals surface area (Å²) in [4.78, 5) is 33.3. The third-order valence-corrected chi connectivity index (χ3v) is 3.25. The first kappa shape index (κ1) is 14.9. The fourth-order valence-electron chi connectivity index (χ4n) is 2.19. The molecule has 0 aliphatic carbocycles. The number of nitro benzene ring substituents is 1. The summed E-state index contributed by atoms with van der Waals surface area (Å²) in [6, 6.07) is 3.38. The van der Waals surface area contributed by atoms with Gasteiger partial charge >= 0.3 is 5.97 Å². The molecule has 21 heavy (non-hydrogen) atoms. The molecule has 1 amide bonds. The van der Waals surface area contributed by atoms with E-state index in [1.807, 2.05) is 0 Å². The molecule has 112 valence electrons. The number of nitrogens with one attached hydrogen (secondary N) is 1. The Balaban J connectivity index is 2.17. The summed E-state index contributed by atoms with van der Waals surface area (Å²) in [6.07, 6.45) is 0. The standard InChI is InChI=1S/C13H14N2O6/c1-7-2-8(4-9(3-7)15(19)20)12(16)14-11-6-21-5-10(11)13(17)18/h2-4,10-11H,5-6H2,1H3,(H,14,16)(H,17,18). The molecule has 1 aliphatic heterocycles. The Morgan fingerprint density at radius 3 is 2.71 bits per heavy atom. The molecule has 1 saturated heterocycles. The number of carbonyl (C=O) groups excluding carboxylic acids is 1. The molecule has 0 aromatic heterocycles. The lowest BCUT2D eigenvalue weighted by atomic mass is 10.0. The van der Waals surface area contributed by atoms with Gasteiger partial charge in [0.15, 0.2) is 0 Å². The summed E-state index contributed by atoms with van der Waals surface area (Å²) in [6.45, 7) is 1.79. The molecule has 8 nitrogen and oxygen atoms in total. The van der Waals surface area contributed by atoms with Crippen molar-refractivity contribution in [1.82, 2.24) is 5.32 Å². The first-order valence-corrected chi connectivity index (χ1v) is 6.26. The Morgan fingerprint density at radius 2 is 2.10 bits per heavy atom. The van der Waals surface area contributed by atoms with Crippen molar-refractivity contribution < 1.29 is 24.4 Å². The molecule has 2 rings (SSSR count). The largest absolute Gasteiger partial charge is 0.481 e. The molecule has 0 bridgehead atoms. The van der Waals surface area contributed by atoms with E-state index in [-0.39, 0.29) is 24.5 Å². The summed E-state index contributed by atoms with van der Waals surface area (Å²) < 4.78 is 5.05. The lowest BCUT2D eigenvalue weighted by molar-refractivity contribution is -0.384. The van der Waals surface area contributed by atoms with Crippen LogP contribution in [0.4, 0.5) is 5.69 Å². The van der Waals surface area contributed by atoms with Crippen LogP contribution in [0.1, 0.15) is 15.9 Å². The summed E-state index contributed by atoms with van der Waals surface area (Å²) in [5.41, 5.74) is 0.516. The molecule has 0 saturated carbocycles. The molecule has 0 radical (unpaired) electrons. The van der Waals surface area contributed by atoms with E-state index in [0.717, 1.165) is 6.07 Å². The molecule has 2 unspecified atom stereocenters. The number of carbonyl (C=O) groups is 2. The molecule has 0 spiro atoms. The van der Waals surface area contributed by atoms with Crippen molar-refractivity contribution in [1.29, 1.82) is 0 Å². The molecule has 1 aromatic carbocycles. The first-order chi connectivity index (χ1) is 9.88. The number of benzene rings is 1. The Kier molecular flexibility index (Phi) is 4.18. The fourth-order valence-corrected chi connectivity index (χ4v) is 2.19. The molecule has 1 fully saturated rings. The van der Waals surface area contributed by atoms with Gasteiger partial charge in [-0.2, -0.15) is 0 Å². The van der Waals surface area contributed by atoms with Gasteiger partial charge in [-0.1, -0.05) is 0 Å².